The molecule has 3 aromatic rings. The fourth-order valence-corrected chi connectivity index (χ4v) is 4.16. The van der Waals surface area contributed by atoms with Gasteiger partial charge in [-0.1, -0.05) is 24.3 Å². The van der Waals surface area contributed by atoms with Crippen molar-refractivity contribution >= 4 is 27.5 Å². The van der Waals surface area contributed by atoms with Crippen LogP contribution in [0.15, 0.2) is 48.5 Å². The van der Waals surface area contributed by atoms with Crippen molar-refractivity contribution in [3.05, 3.63) is 64.7 Å². The summed E-state index contributed by atoms with van der Waals surface area (Å²) in [5, 5.41) is 10.1. The summed E-state index contributed by atoms with van der Waals surface area (Å²) >= 11 is 1.71. The molecule has 0 radical (unpaired) electrons. The SMILES string of the molecule is O=C(O)c1ccc(CN2CCOCC2c2nc3ccccc3s2)cc1. The largest absolute Gasteiger partial charge is 0.478 e. The lowest BCUT2D eigenvalue weighted by molar-refractivity contribution is -0.0127. The molecule has 5 nitrogen and oxygen atoms in total. The minimum atomic E-state index is -0.898. The first-order chi connectivity index (χ1) is 12.2. The number of thiazole rings is 1. The van der Waals surface area contributed by atoms with Gasteiger partial charge in [-0.2, -0.15) is 0 Å². The fourth-order valence-electron chi connectivity index (χ4n) is 3.07. The molecule has 6 heteroatoms. The summed E-state index contributed by atoms with van der Waals surface area (Å²) in [4.78, 5) is 18.1. The van der Waals surface area contributed by atoms with Crippen LogP contribution in [0.1, 0.15) is 27.0 Å². The maximum absolute atomic E-state index is 11.0. The van der Waals surface area contributed by atoms with E-state index >= 15 is 0 Å². The van der Waals surface area contributed by atoms with E-state index in [1.807, 2.05) is 30.3 Å². The topological polar surface area (TPSA) is 62.7 Å². The number of hydrogen-bond acceptors (Lipinski definition) is 5. The summed E-state index contributed by atoms with van der Waals surface area (Å²) in [5.74, 6) is -0.898. The van der Waals surface area contributed by atoms with Crippen LogP contribution in [0, 0.1) is 0 Å². The number of benzene rings is 2. The molecule has 2 aromatic carbocycles. The highest BCUT2D eigenvalue weighted by molar-refractivity contribution is 7.18. The zero-order chi connectivity index (χ0) is 17.2. The molecule has 25 heavy (non-hydrogen) atoms. The number of fused-ring (bicyclic) bond motifs is 1. The van der Waals surface area contributed by atoms with E-state index < -0.39 is 5.97 Å². The second-order valence-electron chi connectivity index (χ2n) is 6.08. The van der Waals surface area contributed by atoms with Crippen LogP contribution in [-0.2, 0) is 11.3 Å². The quantitative estimate of drug-likeness (QED) is 0.776. The molecular formula is C19H18N2O3S. The van der Waals surface area contributed by atoms with Crippen molar-refractivity contribution < 1.29 is 14.6 Å². The van der Waals surface area contributed by atoms with E-state index in [1.54, 1.807) is 23.5 Å². The summed E-state index contributed by atoms with van der Waals surface area (Å²) in [7, 11) is 0. The first-order valence-corrected chi connectivity index (χ1v) is 9.02. The van der Waals surface area contributed by atoms with Gasteiger partial charge >= 0.3 is 5.97 Å². The van der Waals surface area contributed by atoms with Crippen molar-refractivity contribution in [3.63, 3.8) is 0 Å². The molecule has 0 saturated carbocycles. The Kier molecular flexibility index (Phi) is 4.48. The number of aromatic nitrogens is 1. The Morgan fingerprint density at radius 2 is 2.04 bits per heavy atom. The number of carbonyl (C=O) groups is 1. The smallest absolute Gasteiger partial charge is 0.335 e. The Morgan fingerprint density at radius 3 is 2.80 bits per heavy atom. The zero-order valence-electron chi connectivity index (χ0n) is 13.6. The van der Waals surface area contributed by atoms with Crippen molar-refractivity contribution in [2.75, 3.05) is 19.8 Å². The lowest BCUT2D eigenvalue weighted by Gasteiger charge is -2.34. The van der Waals surface area contributed by atoms with Gasteiger partial charge in [0.05, 0.1) is 35.0 Å². The third kappa shape index (κ3) is 3.42. The molecule has 1 aliphatic heterocycles. The van der Waals surface area contributed by atoms with Gasteiger partial charge in [0, 0.05) is 13.1 Å². The maximum atomic E-state index is 11.0. The van der Waals surface area contributed by atoms with Crippen LogP contribution < -0.4 is 0 Å². The van der Waals surface area contributed by atoms with Crippen LogP contribution >= 0.6 is 11.3 Å². The summed E-state index contributed by atoms with van der Waals surface area (Å²) in [5.41, 5.74) is 2.44. The van der Waals surface area contributed by atoms with E-state index in [1.165, 1.54) is 4.70 Å². The van der Waals surface area contributed by atoms with Crippen LogP contribution in [0.5, 0.6) is 0 Å². The molecule has 1 atom stereocenters. The number of aromatic carboxylic acids is 1. The molecule has 0 amide bonds. The first-order valence-electron chi connectivity index (χ1n) is 8.20. The van der Waals surface area contributed by atoms with Crippen LogP contribution in [0.4, 0.5) is 0 Å². The maximum Gasteiger partial charge on any atom is 0.335 e. The number of carboxylic acids is 1. The van der Waals surface area contributed by atoms with Crippen molar-refractivity contribution in [2.24, 2.45) is 0 Å². The second-order valence-corrected chi connectivity index (χ2v) is 7.15. The molecule has 2 heterocycles. The van der Waals surface area contributed by atoms with Crippen LogP contribution in [0.25, 0.3) is 10.2 Å². The monoisotopic (exact) mass is 354 g/mol. The highest BCUT2D eigenvalue weighted by Gasteiger charge is 2.27. The van der Waals surface area contributed by atoms with Crippen LogP contribution in [0.2, 0.25) is 0 Å². The van der Waals surface area contributed by atoms with Gasteiger partial charge in [0.1, 0.15) is 5.01 Å². The third-order valence-electron chi connectivity index (χ3n) is 4.42. The van der Waals surface area contributed by atoms with Crippen molar-refractivity contribution in [2.45, 2.75) is 12.6 Å². The van der Waals surface area contributed by atoms with Gasteiger partial charge in [-0.05, 0) is 29.8 Å². The van der Waals surface area contributed by atoms with E-state index in [9.17, 15) is 4.79 Å². The minimum absolute atomic E-state index is 0.130. The molecule has 0 bridgehead atoms. The lowest BCUT2D eigenvalue weighted by Crippen LogP contribution is -2.38. The molecule has 4 rings (SSSR count). The van der Waals surface area contributed by atoms with Gasteiger partial charge < -0.3 is 9.84 Å². The molecule has 1 fully saturated rings. The standard InChI is InChI=1S/C19H18N2O3S/c22-19(23)14-7-5-13(6-8-14)11-21-9-10-24-12-16(21)18-20-15-3-1-2-4-17(15)25-18/h1-8,16H,9-12H2,(H,22,23). The molecule has 0 spiro atoms. The Morgan fingerprint density at radius 1 is 1.24 bits per heavy atom. The normalized spacial score (nSPS) is 18.5. The van der Waals surface area contributed by atoms with Gasteiger partial charge in [-0.15, -0.1) is 11.3 Å². The number of hydrogen-bond donors (Lipinski definition) is 1. The average Bonchev–Trinajstić information content (AvgIpc) is 3.06. The van der Waals surface area contributed by atoms with Crippen LogP contribution in [0.3, 0.4) is 0 Å². The van der Waals surface area contributed by atoms with E-state index in [0.717, 1.165) is 29.2 Å². The van der Waals surface area contributed by atoms with Gasteiger partial charge in [0.25, 0.3) is 0 Å². The number of carboxylic acid groups (broad SMARTS) is 1. The molecule has 1 N–H and O–H groups in total. The van der Waals surface area contributed by atoms with Crippen molar-refractivity contribution in [1.29, 1.82) is 0 Å². The van der Waals surface area contributed by atoms with Gasteiger partial charge in [0.15, 0.2) is 0 Å². The molecule has 1 unspecified atom stereocenters. The lowest BCUT2D eigenvalue weighted by atomic mass is 10.1. The Labute approximate surface area is 149 Å². The summed E-state index contributed by atoms with van der Waals surface area (Å²) in [6.45, 7) is 2.92. The predicted octanol–water partition coefficient (Wildman–Crippen LogP) is 3.57. The first kappa shape index (κ1) is 16.2. The molecule has 0 aliphatic carbocycles. The second kappa shape index (κ2) is 6.92. The highest BCUT2D eigenvalue weighted by Crippen LogP contribution is 2.32. The Bertz CT molecular complexity index is 858. The summed E-state index contributed by atoms with van der Waals surface area (Å²) in [6.07, 6.45) is 0. The van der Waals surface area contributed by atoms with E-state index in [0.29, 0.717) is 18.8 Å². The Hall–Kier alpha value is -2.28. The van der Waals surface area contributed by atoms with E-state index in [2.05, 4.69) is 11.0 Å². The highest BCUT2D eigenvalue weighted by atomic mass is 32.1. The molecule has 1 saturated heterocycles. The molecule has 1 aliphatic rings. The number of morpholine rings is 1. The molecular weight excluding hydrogens is 336 g/mol. The third-order valence-corrected chi connectivity index (χ3v) is 5.56. The number of rotatable bonds is 4. The zero-order valence-corrected chi connectivity index (χ0v) is 14.4. The Balaban J connectivity index is 1.57. The van der Waals surface area contributed by atoms with Gasteiger partial charge in [-0.3, -0.25) is 4.90 Å². The fraction of sp³-hybridized carbons (Fsp3) is 0.263. The van der Waals surface area contributed by atoms with Gasteiger partial charge in [-0.25, -0.2) is 9.78 Å². The molecule has 1 aromatic heterocycles. The van der Waals surface area contributed by atoms with E-state index in [-0.39, 0.29) is 6.04 Å². The number of ether oxygens (including phenoxy) is 1. The predicted molar refractivity (Wildman–Crippen MR) is 97.0 cm³/mol. The molecule has 128 valence electrons. The van der Waals surface area contributed by atoms with Crippen LogP contribution in [-0.4, -0.2) is 40.7 Å². The van der Waals surface area contributed by atoms with E-state index in [4.69, 9.17) is 14.8 Å². The van der Waals surface area contributed by atoms with Crippen molar-refractivity contribution in [1.82, 2.24) is 9.88 Å². The average molecular weight is 354 g/mol. The van der Waals surface area contributed by atoms with Gasteiger partial charge in [0.2, 0.25) is 0 Å². The van der Waals surface area contributed by atoms with Crippen molar-refractivity contribution in [3.8, 4) is 0 Å². The number of nitrogens with zero attached hydrogens (tertiary/aromatic N) is 2. The minimum Gasteiger partial charge on any atom is -0.478 e. The number of para-hydroxylation sites is 1. The summed E-state index contributed by atoms with van der Waals surface area (Å²) in [6, 6.07) is 15.4. The summed E-state index contributed by atoms with van der Waals surface area (Å²) < 4.78 is 6.89.